The maximum absolute atomic E-state index is 13.9. The van der Waals surface area contributed by atoms with Crippen molar-refractivity contribution < 1.29 is 17.6 Å². The van der Waals surface area contributed by atoms with Gasteiger partial charge >= 0.3 is 6.18 Å². The monoisotopic (exact) mass is 343 g/mol. The van der Waals surface area contributed by atoms with Crippen molar-refractivity contribution in [3.63, 3.8) is 0 Å². The summed E-state index contributed by atoms with van der Waals surface area (Å²) in [5.74, 6) is -2.04. The number of benzene rings is 1. The van der Waals surface area contributed by atoms with Gasteiger partial charge in [-0.05, 0) is 26.0 Å². The summed E-state index contributed by atoms with van der Waals surface area (Å²) in [6.07, 6.45) is -4.75. The number of fused-ring (bicyclic) bond motifs is 1. The van der Waals surface area contributed by atoms with E-state index in [2.05, 4.69) is 26.1 Å². The van der Waals surface area contributed by atoms with Gasteiger partial charge in [-0.15, -0.1) is 0 Å². The molecule has 0 aliphatic carbocycles. The highest BCUT2D eigenvalue weighted by Crippen LogP contribution is 2.31. The summed E-state index contributed by atoms with van der Waals surface area (Å²) in [6, 6.07) is 4.27. The summed E-state index contributed by atoms with van der Waals surface area (Å²) < 4.78 is 52.9. The minimum atomic E-state index is -4.75. The molecule has 3 rings (SSSR count). The van der Waals surface area contributed by atoms with E-state index in [1.807, 2.05) is 13.8 Å². The van der Waals surface area contributed by atoms with Crippen LogP contribution in [0.15, 0.2) is 18.2 Å². The Morgan fingerprint density at radius 3 is 2.42 bits per heavy atom. The number of anilines is 1. The largest absolute Gasteiger partial charge is 0.451 e. The van der Waals surface area contributed by atoms with Crippen LogP contribution in [-0.4, -0.2) is 28.6 Å². The highest BCUT2D eigenvalue weighted by Gasteiger charge is 2.36. The normalized spacial score (nSPS) is 24.5. The molecule has 0 radical (unpaired) electrons. The van der Waals surface area contributed by atoms with Crippen molar-refractivity contribution in [3.8, 4) is 0 Å². The maximum Gasteiger partial charge on any atom is 0.451 e. The van der Waals surface area contributed by atoms with Crippen LogP contribution in [0.3, 0.4) is 0 Å². The smallest absolute Gasteiger partial charge is 0.369 e. The van der Waals surface area contributed by atoms with Gasteiger partial charge in [-0.25, -0.2) is 14.4 Å². The lowest BCUT2D eigenvalue weighted by molar-refractivity contribution is -0.144. The van der Waals surface area contributed by atoms with E-state index in [1.165, 1.54) is 12.1 Å². The molecule has 0 bridgehead atoms. The number of hydrogen-bond acceptors (Lipinski definition) is 5. The molecule has 1 aliphatic heterocycles. The molecule has 3 N–H and O–H groups in total. The zero-order valence-electron chi connectivity index (χ0n) is 13.1. The average molecular weight is 343 g/mol. The molecule has 2 heterocycles. The Kier molecular flexibility index (Phi) is 4.31. The fourth-order valence-corrected chi connectivity index (χ4v) is 2.86. The minimum Gasteiger partial charge on any atom is -0.369 e. The van der Waals surface area contributed by atoms with Crippen molar-refractivity contribution in [2.45, 2.75) is 32.1 Å². The van der Waals surface area contributed by atoms with Gasteiger partial charge in [0.2, 0.25) is 5.82 Å². The van der Waals surface area contributed by atoms with Crippen LogP contribution in [-0.2, 0) is 6.18 Å². The van der Waals surface area contributed by atoms with Crippen LogP contribution in [0.25, 0.3) is 10.9 Å². The molecule has 9 heteroatoms. The molecule has 2 atom stereocenters. The van der Waals surface area contributed by atoms with Gasteiger partial charge in [0.15, 0.2) is 0 Å². The first-order chi connectivity index (χ1) is 11.3. The molecule has 1 fully saturated rings. The number of nitrogens with zero attached hydrogens (tertiary/aromatic N) is 2. The van der Waals surface area contributed by atoms with Crippen molar-refractivity contribution in [1.29, 1.82) is 0 Å². The Bertz CT molecular complexity index is 738. The van der Waals surface area contributed by atoms with Crippen molar-refractivity contribution in [3.05, 3.63) is 29.8 Å². The molecular formula is C15H17F4N5. The third-order valence-corrected chi connectivity index (χ3v) is 4.26. The van der Waals surface area contributed by atoms with Crippen LogP contribution < -0.4 is 16.2 Å². The SMILES string of the molecule is CC1NNC(C)C1CNc1nc(C(F)(F)F)nc2c(F)cccc12. The van der Waals surface area contributed by atoms with Crippen molar-refractivity contribution in [1.82, 2.24) is 20.8 Å². The Hall–Kier alpha value is -2.00. The van der Waals surface area contributed by atoms with Gasteiger partial charge in [0.1, 0.15) is 17.2 Å². The molecule has 1 aliphatic rings. The predicted octanol–water partition coefficient (Wildman–Crippen LogP) is 2.70. The summed E-state index contributed by atoms with van der Waals surface area (Å²) in [6.45, 7) is 4.34. The third kappa shape index (κ3) is 3.13. The van der Waals surface area contributed by atoms with Gasteiger partial charge in [0.05, 0.1) is 0 Å². The Morgan fingerprint density at radius 2 is 1.79 bits per heavy atom. The fraction of sp³-hybridized carbons (Fsp3) is 0.467. The molecule has 5 nitrogen and oxygen atoms in total. The lowest BCUT2D eigenvalue weighted by atomic mass is 9.97. The average Bonchev–Trinajstić information content (AvgIpc) is 2.83. The third-order valence-electron chi connectivity index (χ3n) is 4.26. The van der Waals surface area contributed by atoms with E-state index in [-0.39, 0.29) is 34.7 Å². The summed E-state index contributed by atoms with van der Waals surface area (Å²) in [5, 5.41) is 3.16. The second kappa shape index (κ2) is 6.14. The first-order valence-corrected chi connectivity index (χ1v) is 7.55. The van der Waals surface area contributed by atoms with Gasteiger partial charge in [-0.1, -0.05) is 6.07 Å². The van der Waals surface area contributed by atoms with E-state index < -0.39 is 17.8 Å². The number of hydrazine groups is 1. The molecule has 130 valence electrons. The number of halogens is 4. The van der Waals surface area contributed by atoms with Crippen LogP contribution in [0.2, 0.25) is 0 Å². The van der Waals surface area contributed by atoms with E-state index >= 15 is 0 Å². The second-order valence-corrected chi connectivity index (χ2v) is 5.94. The number of aromatic nitrogens is 2. The summed E-state index contributed by atoms with van der Waals surface area (Å²) >= 11 is 0. The lowest BCUT2D eigenvalue weighted by Gasteiger charge is -2.20. The quantitative estimate of drug-likeness (QED) is 0.748. The number of alkyl halides is 3. The topological polar surface area (TPSA) is 61.9 Å². The van der Waals surface area contributed by atoms with E-state index in [0.717, 1.165) is 6.07 Å². The Balaban J connectivity index is 1.98. The predicted molar refractivity (Wildman–Crippen MR) is 81.7 cm³/mol. The maximum atomic E-state index is 13.9. The number of rotatable bonds is 3. The van der Waals surface area contributed by atoms with Crippen LogP contribution in [0, 0.1) is 11.7 Å². The summed E-state index contributed by atoms with van der Waals surface area (Å²) in [7, 11) is 0. The minimum absolute atomic E-state index is 0.0156. The second-order valence-electron chi connectivity index (χ2n) is 5.94. The van der Waals surface area contributed by atoms with E-state index in [1.54, 1.807) is 0 Å². The molecule has 0 amide bonds. The highest BCUT2D eigenvalue weighted by molar-refractivity contribution is 5.89. The molecular weight excluding hydrogens is 326 g/mol. The first-order valence-electron chi connectivity index (χ1n) is 7.55. The summed E-state index contributed by atoms with van der Waals surface area (Å²) in [5.41, 5.74) is 5.81. The van der Waals surface area contributed by atoms with E-state index in [9.17, 15) is 17.6 Å². The first kappa shape index (κ1) is 16.8. The van der Waals surface area contributed by atoms with Gasteiger partial charge in [0, 0.05) is 29.9 Å². The fourth-order valence-electron chi connectivity index (χ4n) is 2.86. The number of nitrogens with one attached hydrogen (secondary N) is 3. The molecule has 0 spiro atoms. The van der Waals surface area contributed by atoms with Crippen LogP contribution >= 0.6 is 0 Å². The van der Waals surface area contributed by atoms with Gasteiger partial charge in [0.25, 0.3) is 0 Å². The molecule has 2 unspecified atom stereocenters. The Morgan fingerprint density at radius 1 is 1.12 bits per heavy atom. The van der Waals surface area contributed by atoms with Crippen molar-refractivity contribution >= 4 is 16.7 Å². The van der Waals surface area contributed by atoms with E-state index in [0.29, 0.717) is 6.54 Å². The van der Waals surface area contributed by atoms with Crippen LogP contribution in [0.4, 0.5) is 23.4 Å². The van der Waals surface area contributed by atoms with Gasteiger partial charge < -0.3 is 5.32 Å². The van der Waals surface area contributed by atoms with Gasteiger partial charge in [-0.3, -0.25) is 10.9 Å². The zero-order valence-corrected chi connectivity index (χ0v) is 13.1. The standard InChI is InChI=1S/C15H17F4N5/c1-7-10(8(2)24-23-7)6-20-13-9-4-3-5-11(16)12(9)21-14(22-13)15(17,18)19/h3-5,7-8,10,23-24H,6H2,1-2H3,(H,20,21,22). The molecule has 1 aromatic heterocycles. The van der Waals surface area contributed by atoms with E-state index in [4.69, 9.17) is 0 Å². The molecule has 2 aromatic rings. The van der Waals surface area contributed by atoms with Crippen molar-refractivity contribution in [2.75, 3.05) is 11.9 Å². The van der Waals surface area contributed by atoms with Crippen LogP contribution in [0.1, 0.15) is 19.7 Å². The Labute approximate surface area is 135 Å². The van der Waals surface area contributed by atoms with Gasteiger partial charge in [-0.2, -0.15) is 13.2 Å². The zero-order chi connectivity index (χ0) is 17.5. The molecule has 1 aromatic carbocycles. The lowest BCUT2D eigenvalue weighted by Crippen LogP contribution is -2.30. The molecule has 0 saturated carbocycles. The van der Waals surface area contributed by atoms with Crippen molar-refractivity contribution in [2.24, 2.45) is 5.92 Å². The molecule has 1 saturated heterocycles. The molecule has 24 heavy (non-hydrogen) atoms. The highest BCUT2D eigenvalue weighted by atomic mass is 19.4. The van der Waals surface area contributed by atoms with Crippen LogP contribution in [0.5, 0.6) is 0 Å². The summed E-state index contributed by atoms with van der Waals surface area (Å²) in [4.78, 5) is 6.91. The number of hydrogen-bond donors (Lipinski definition) is 3. The number of para-hydroxylation sites is 1.